The number of hydrogen-bond donors (Lipinski definition) is 2. The van der Waals surface area contributed by atoms with Gasteiger partial charge in [0, 0.05) is 36.4 Å². The van der Waals surface area contributed by atoms with E-state index in [0.717, 1.165) is 38.0 Å². The monoisotopic (exact) mass is 289 g/mol. The van der Waals surface area contributed by atoms with Gasteiger partial charge < -0.3 is 15.5 Å². The minimum atomic E-state index is 0.0304. The molecule has 0 aromatic heterocycles. The van der Waals surface area contributed by atoms with E-state index >= 15 is 0 Å². The average Bonchev–Trinajstić information content (AvgIpc) is 2.49. The Morgan fingerprint density at radius 3 is 2.62 bits per heavy atom. The summed E-state index contributed by atoms with van der Waals surface area (Å²) in [4.78, 5) is 14.6. The first kappa shape index (κ1) is 15.8. The number of benzene rings is 1. The Kier molecular flexibility index (Phi) is 5.62. The Morgan fingerprint density at radius 1 is 1.38 bits per heavy atom. The lowest BCUT2D eigenvalue weighted by Gasteiger charge is -2.27. The maximum atomic E-state index is 12.2. The number of carbonyl (C=O) groups is 1. The smallest absolute Gasteiger partial charge is 0.251 e. The fraction of sp³-hybridized carbons (Fsp3) is 0.588. The standard InChI is InChI=1S/C17H27N3O/c1-4-20(13(2)3)16-9-7-14(8-10-16)17(21)19-15-6-5-11-18-12-15/h7-10,13,15,18H,4-6,11-12H2,1-3H3,(H,19,21)/t15-/m0/s1. The van der Waals surface area contributed by atoms with Crippen LogP contribution in [0.3, 0.4) is 0 Å². The Balaban J connectivity index is 1.99. The van der Waals surface area contributed by atoms with E-state index in [1.165, 1.54) is 5.69 Å². The Bertz CT molecular complexity index is 450. The molecule has 1 fully saturated rings. The molecule has 1 amide bonds. The molecule has 1 atom stereocenters. The van der Waals surface area contributed by atoms with E-state index in [0.29, 0.717) is 6.04 Å². The van der Waals surface area contributed by atoms with Gasteiger partial charge in [-0.3, -0.25) is 4.79 Å². The van der Waals surface area contributed by atoms with Gasteiger partial charge in [0.1, 0.15) is 0 Å². The summed E-state index contributed by atoms with van der Waals surface area (Å²) >= 11 is 0. The topological polar surface area (TPSA) is 44.4 Å². The first-order valence-electron chi connectivity index (χ1n) is 8.00. The summed E-state index contributed by atoms with van der Waals surface area (Å²) < 4.78 is 0. The highest BCUT2D eigenvalue weighted by Gasteiger charge is 2.16. The Morgan fingerprint density at radius 2 is 2.10 bits per heavy atom. The molecule has 1 aliphatic heterocycles. The van der Waals surface area contributed by atoms with Crippen molar-refractivity contribution in [3.8, 4) is 0 Å². The Hall–Kier alpha value is -1.55. The molecule has 1 heterocycles. The summed E-state index contributed by atoms with van der Waals surface area (Å²) in [5.41, 5.74) is 1.91. The van der Waals surface area contributed by atoms with E-state index in [-0.39, 0.29) is 11.9 Å². The zero-order valence-electron chi connectivity index (χ0n) is 13.4. The zero-order valence-corrected chi connectivity index (χ0v) is 13.4. The molecule has 0 radical (unpaired) electrons. The van der Waals surface area contributed by atoms with Crippen molar-refractivity contribution in [1.29, 1.82) is 0 Å². The molecular formula is C17H27N3O. The summed E-state index contributed by atoms with van der Waals surface area (Å²) in [6.07, 6.45) is 2.19. The van der Waals surface area contributed by atoms with Gasteiger partial charge in [0.2, 0.25) is 0 Å². The number of rotatable bonds is 5. The van der Waals surface area contributed by atoms with Crippen molar-refractivity contribution in [3.05, 3.63) is 29.8 Å². The number of carbonyl (C=O) groups excluding carboxylic acids is 1. The van der Waals surface area contributed by atoms with Crippen LogP contribution >= 0.6 is 0 Å². The normalized spacial score (nSPS) is 18.6. The summed E-state index contributed by atoms with van der Waals surface area (Å²) in [5.74, 6) is 0.0304. The van der Waals surface area contributed by atoms with Gasteiger partial charge in [0.05, 0.1) is 0 Å². The highest BCUT2D eigenvalue weighted by molar-refractivity contribution is 5.94. The molecule has 0 aliphatic carbocycles. The van der Waals surface area contributed by atoms with E-state index in [2.05, 4.69) is 36.3 Å². The minimum absolute atomic E-state index is 0.0304. The number of hydrogen-bond acceptors (Lipinski definition) is 3. The molecule has 21 heavy (non-hydrogen) atoms. The van der Waals surface area contributed by atoms with E-state index in [9.17, 15) is 4.79 Å². The lowest BCUT2D eigenvalue weighted by Crippen LogP contribution is -2.45. The minimum Gasteiger partial charge on any atom is -0.369 e. The number of nitrogens with zero attached hydrogens (tertiary/aromatic N) is 1. The average molecular weight is 289 g/mol. The molecular weight excluding hydrogens is 262 g/mol. The molecule has 0 unspecified atom stereocenters. The number of anilines is 1. The second-order valence-corrected chi connectivity index (χ2v) is 5.94. The molecule has 116 valence electrons. The van der Waals surface area contributed by atoms with Crippen molar-refractivity contribution < 1.29 is 4.79 Å². The summed E-state index contributed by atoms with van der Waals surface area (Å²) in [6.45, 7) is 9.41. The van der Waals surface area contributed by atoms with E-state index in [4.69, 9.17) is 0 Å². The fourth-order valence-corrected chi connectivity index (χ4v) is 2.89. The van der Waals surface area contributed by atoms with Crippen LogP contribution in [0.25, 0.3) is 0 Å². The number of amides is 1. The van der Waals surface area contributed by atoms with Crippen molar-refractivity contribution in [3.63, 3.8) is 0 Å². The molecule has 1 saturated heterocycles. The lowest BCUT2D eigenvalue weighted by atomic mass is 10.1. The maximum Gasteiger partial charge on any atom is 0.251 e. The van der Waals surface area contributed by atoms with Gasteiger partial charge in [-0.05, 0) is 64.4 Å². The predicted molar refractivity (Wildman–Crippen MR) is 88.0 cm³/mol. The van der Waals surface area contributed by atoms with Crippen LogP contribution < -0.4 is 15.5 Å². The van der Waals surface area contributed by atoms with E-state index < -0.39 is 0 Å². The molecule has 0 spiro atoms. The van der Waals surface area contributed by atoms with Crippen LogP contribution in [0.5, 0.6) is 0 Å². The van der Waals surface area contributed by atoms with Crippen molar-refractivity contribution in [2.75, 3.05) is 24.5 Å². The van der Waals surface area contributed by atoms with Crippen molar-refractivity contribution in [2.45, 2.75) is 45.7 Å². The van der Waals surface area contributed by atoms with Crippen LogP contribution in [0.2, 0.25) is 0 Å². The van der Waals surface area contributed by atoms with Crippen molar-refractivity contribution in [2.24, 2.45) is 0 Å². The van der Waals surface area contributed by atoms with Crippen LogP contribution in [-0.4, -0.2) is 37.6 Å². The third-order valence-electron chi connectivity index (χ3n) is 4.06. The van der Waals surface area contributed by atoms with Gasteiger partial charge in [-0.15, -0.1) is 0 Å². The first-order valence-corrected chi connectivity index (χ1v) is 8.00. The second kappa shape index (κ2) is 7.46. The van der Waals surface area contributed by atoms with Gasteiger partial charge in [0.15, 0.2) is 0 Å². The van der Waals surface area contributed by atoms with E-state index in [1.54, 1.807) is 0 Å². The molecule has 2 N–H and O–H groups in total. The predicted octanol–water partition coefficient (Wildman–Crippen LogP) is 2.40. The van der Waals surface area contributed by atoms with Gasteiger partial charge in [-0.1, -0.05) is 0 Å². The summed E-state index contributed by atoms with van der Waals surface area (Å²) in [7, 11) is 0. The van der Waals surface area contributed by atoms with Crippen molar-refractivity contribution in [1.82, 2.24) is 10.6 Å². The zero-order chi connectivity index (χ0) is 15.2. The fourth-order valence-electron chi connectivity index (χ4n) is 2.89. The molecule has 1 aliphatic rings. The van der Waals surface area contributed by atoms with E-state index in [1.807, 2.05) is 24.3 Å². The first-order chi connectivity index (χ1) is 10.1. The molecule has 1 aromatic rings. The van der Waals surface area contributed by atoms with Gasteiger partial charge in [-0.25, -0.2) is 0 Å². The summed E-state index contributed by atoms with van der Waals surface area (Å²) in [6, 6.07) is 8.64. The van der Waals surface area contributed by atoms with Gasteiger partial charge >= 0.3 is 0 Å². The molecule has 4 nitrogen and oxygen atoms in total. The Labute approximate surface area is 127 Å². The highest BCUT2D eigenvalue weighted by Crippen LogP contribution is 2.18. The maximum absolute atomic E-state index is 12.2. The van der Waals surface area contributed by atoms with Crippen LogP contribution in [-0.2, 0) is 0 Å². The quantitative estimate of drug-likeness (QED) is 0.875. The van der Waals surface area contributed by atoms with Gasteiger partial charge in [0.25, 0.3) is 5.91 Å². The van der Waals surface area contributed by atoms with Crippen LogP contribution in [0.1, 0.15) is 44.0 Å². The molecule has 0 saturated carbocycles. The molecule has 2 rings (SSSR count). The SMILES string of the molecule is CCN(c1ccc(C(=O)N[C@H]2CCCNC2)cc1)C(C)C. The largest absolute Gasteiger partial charge is 0.369 e. The third-order valence-corrected chi connectivity index (χ3v) is 4.06. The third kappa shape index (κ3) is 4.21. The van der Waals surface area contributed by atoms with Crippen LogP contribution in [0.4, 0.5) is 5.69 Å². The number of nitrogens with one attached hydrogen (secondary N) is 2. The molecule has 4 heteroatoms. The van der Waals surface area contributed by atoms with Crippen molar-refractivity contribution >= 4 is 11.6 Å². The highest BCUT2D eigenvalue weighted by atomic mass is 16.1. The lowest BCUT2D eigenvalue weighted by molar-refractivity contribution is 0.0930. The molecule has 1 aromatic carbocycles. The second-order valence-electron chi connectivity index (χ2n) is 5.94. The number of piperidine rings is 1. The summed E-state index contributed by atoms with van der Waals surface area (Å²) in [5, 5.41) is 6.42. The van der Waals surface area contributed by atoms with Crippen LogP contribution in [0.15, 0.2) is 24.3 Å². The van der Waals surface area contributed by atoms with Gasteiger partial charge in [-0.2, -0.15) is 0 Å². The molecule has 0 bridgehead atoms. The van der Waals surface area contributed by atoms with Crippen LogP contribution in [0, 0.1) is 0 Å².